The van der Waals surface area contributed by atoms with Crippen LogP contribution in [0.15, 0.2) is 48.7 Å². The van der Waals surface area contributed by atoms with Gasteiger partial charge in [0.05, 0.1) is 6.42 Å². The number of hydrogen-bond acceptors (Lipinski definition) is 4. The van der Waals surface area contributed by atoms with Gasteiger partial charge in [-0.2, -0.15) is 0 Å². The molecule has 1 N–H and O–H groups in total. The lowest BCUT2D eigenvalue weighted by Crippen LogP contribution is -2.54. The van der Waals surface area contributed by atoms with Crippen LogP contribution in [0, 0.1) is 5.82 Å². The molecule has 7 heteroatoms. The van der Waals surface area contributed by atoms with Crippen LogP contribution in [0.2, 0.25) is 0 Å². The Kier molecular flexibility index (Phi) is 5.16. The monoisotopic (exact) mass is 358 g/mol. The van der Waals surface area contributed by atoms with Gasteiger partial charge < -0.3 is 14.7 Å². The highest BCUT2D eigenvalue weighted by atomic mass is 19.1. The molecule has 0 saturated carbocycles. The highest BCUT2D eigenvalue weighted by Crippen LogP contribution is 2.30. The number of rotatable bonds is 5. The van der Waals surface area contributed by atoms with Gasteiger partial charge in [0.15, 0.2) is 0 Å². The van der Waals surface area contributed by atoms with Gasteiger partial charge in [-0.1, -0.05) is 12.1 Å². The van der Waals surface area contributed by atoms with Crippen LogP contribution in [0.4, 0.5) is 4.39 Å². The lowest BCUT2D eigenvalue weighted by molar-refractivity contribution is -0.161. The van der Waals surface area contributed by atoms with Crippen LogP contribution in [-0.4, -0.2) is 45.6 Å². The van der Waals surface area contributed by atoms with Crippen LogP contribution in [-0.2, 0) is 16.0 Å². The van der Waals surface area contributed by atoms with E-state index in [0.29, 0.717) is 5.69 Å². The number of halogens is 1. The third-order valence-corrected chi connectivity index (χ3v) is 4.48. The molecule has 1 aliphatic rings. The highest BCUT2D eigenvalue weighted by Gasteiger charge is 2.45. The number of hydrogen-bond donors (Lipinski definition) is 1. The first-order valence-corrected chi connectivity index (χ1v) is 8.34. The predicted molar refractivity (Wildman–Crippen MR) is 91.1 cm³/mol. The van der Waals surface area contributed by atoms with Crippen molar-refractivity contribution < 1.29 is 23.8 Å². The molecule has 2 aromatic rings. The van der Waals surface area contributed by atoms with Crippen molar-refractivity contribution in [3.8, 4) is 5.75 Å². The molecule has 26 heavy (non-hydrogen) atoms. The first kappa shape index (κ1) is 17.8. The molecule has 1 saturated heterocycles. The Bertz CT molecular complexity index is 789. The number of aromatic nitrogens is 1. The molecule has 2 heterocycles. The van der Waals surface area contributed by atoms with Crippen LogP contribution in [0.3, 0.4) is 0 Å². The summed E-state index contributed by atoms with van der Waals surface area (Å²) >= 11 is 0. The van der Waals surface area contributed by atoms with Crippen molar-refractivity contribution in [2.75, 3.05) is 13.1 Å². The number of likely N-dealkylation sites (tertiary alicyclic amines) is 1. The van der Waals surface area contributed by atoms with Gasteiger partial charge in [-0.05, 0) is 24.3 Å². The number of pyridine rings is 1. The molecular weight excluding hydrogens is 339 g/mol. The molecule has 1 amide bonds. The number of piperidine rings is 1. The first-order chi connectivity index (χ1) is 12.5. The van der Waals surface area contributed by atoms with Gasteiger partial charge in [-0.25, -0.2) is 9.18 Å². The Hall–Kier alpha value is -2.96. The average molecular weight is 358 g/mol. The normalized spacial score (nSPS) is 16.1. The van der Waals surface area contributed by atoms with E-state index in [2.05, 4.69) is 4.98 Å². The molecule has 0 spiro atoms. The molecule has 0 atom stereocenters. The Labute approximate surface area is 150 Å². The van der Waals surface area contributed by atoms with E-state index in [4.69, 9.17) is 4.74 Å². The average Bonchev–Trinajstić information content (AvgIpc) is 2.63. The molecular formula is C19H19FN2O4. The SMILES string of the molecule is O=C(Cc1ccccn1)N1CCC(Oc2cccc(F)c2)(C(=O)O)CC1. The molecule has 0 aliphatic carbocycles. The molecule has 0 bridgehead atoms. The lowest BCUT2D eigenvalue weighted by Gasteiger charge is -2.38. The van der Waals surface area contributed by atoms with Crippen LogP contribution in [0.25, 0.3) is 0 Å². The lowest BCUT2D eigenvalue weighted by atomic mass is 9.90. The Morgan fingerprint density at radius 1 is 1.19 bits per heavy atom. The van der Waals surface area contributed by atoms with Gasteiger partial charge in [-0.3, -0.25) is 9.78 Å². The van der Waals surface area contributed by atoms with Gasteiger partial charge in [-0.15, -0.1) is 0 Å². The Balaban J connectivity index is 1.65. The maximum Gasteiger partial charge on any atom is 0.348 e. The fraction of sp³-hybridized carbons (Fsp3) is 0.316. The minimum absolute atomic E-state index is 0.103. The number of ether oxygens (including phenoxy) is 1. The molecule has 0 unspecified atom stereocenters. The van der Waals surface area contributed by atoms with Crippen molar-refractivity contribution in [3.05, 3.63) is 60.2 Å². The zero-order valence-electron chi connectivity index (χ0n) is 14.1. The summed E-state index contributed by atoms with van der Waals surface area (Å²) < 4.78 is 19.0. The van der Waals surface area contributed by atoms with E-state index in [9.17, 15) is 19.1 Å². The van der Waals surface area contributed by atoms with E-state index in [-0.39, 0.29) is 44.0 Å². The van der Waals surface area contributed by atoms with Gasteiger partial charge in [0.2, 0.25) is 11.5 Å². The predicted octanol–water partition coefficient (Wildman–Crippen LogP) is 2.29. The molecule has 6 nitrogen and oxygen atoms in total. The molecule has 0 radical (unpaired) electrons. The Morgan fingerprint density at radius 2 is 1.96 bits per heavy atom. The third-order valence-electron chi connectivity index (χ3n) is 4.48. The second-order valence-corrected chi connectivity index (χ2v) is 6.24. The highest BCUT2D eigenvalue weighted by molar-refractivity contribution is 5.81. The van der Waals surface area contributed by atoms with E-state index >= 15 is 0 Å². The maximum atomic E-state index is 13.3. The number of aliphatic carboxylic acids is 1. The third kappa shape index (κ3) is 3.99. The number of benzene rings is 1. The number of nitrogens with zero attached hydrogens (tertiary/aromatic N) is 2. The van der Waals surface area contributed by atoms with Gasteiger partial charge >= 0.3 is 5.97 Å². The van der Waals surface area contributed by atoms with Crippen molar-refractivity contribution in [1.29, 1.82) is 0 Å². The van der Waals surface area contributed by atoms with Crippen molar-refractivity contribution in [2.24, 2.45) is 0 Å². The molecule has 1 aromatic heterocycles. The van der Waals surface area contributed by atoms with E-state index in [0.717, 1.165) is 6.07 Å². The van der Waals surface area contributed by atoms with Crippen molar-refractivity contribution in [1.82, 2.24) is 9.88 Å². The van der Waals surface area contributed by atoms with Crippen LogP contribution >= 0.6 is 0 Å². The summed E-state index contributed by atoms with van der Waals surface area (Å²) in [6, 6.07) is 10.8. The second-order valence-electron chi connectivity index (χ2n) is 6.24. The fourth-order valence-electron chi connectivity index (χ4n) is 3.00. The summed E-state index contributed by atoms with van der Waals surface area (Å²) in [5.41, 5.74) is -0.793. The molecule has 1 fully saturated rings. The van der Waals surface area contributed by atoms with Crippen LogP contribution in [0.5, 0.6) is 5.75 Å². The first-order valence-electron chi connectivity index (χ1n) is 8.34. The molecule has 1 aromatic carbocycles. The van der Waals surface area contributed by atoms with Gasteiger partial charge in [0.25, 0.3) is 0 Å². The molecule has 136 valence electrons. The number of carboxylic acids is 1. The van der Waals surface area contributed by atoms with E-state index in [1.807, 2.05) is 6.07 Å². The minimum Gasteiger partial charge on any atom is -0.478 e. The smallest absolute Gasteiger partial charge is 0.348 e. The number of amides is 1. The van der Waals surface area contributed by atoms with Crippen LogP contribution in [0.1, 0.15) is 18.5 Å². The van der Waals surface area contributed by atoms with Gasteiger partial charge in [0.1, 0.15) is 11.6 Å². The molecule has 3 rings (SSSR count). The molecule has 1 aliphatic heterocycles. The van der Waals surface area contributed by atoms with Crippen molar-refractivity contribution in [3.63, 3.8) is 0 Å². The summed E-state index contributed by atoms with van der Waals surface area (Å²) in [6.07, 6.45) is 2.06. The summed E-state index contributed by atoms with van der Waals surface area (Å²) in [5.74, 6) is -1.54. The number of carbonyl (C=O) groups is 2. The number of carboxylic acid groups (broad SMARTS) is 1. The van der Waals surface area contributed by atoms with Crippen LogP contribution < -0.4 is 4.74 Å². The zero-order valence-corrected chi connectivity index (χ0v) is 14.1. The topological polar surface area (TPSA) is 79.7 Å². The summed E-state index contributed by atoms with van der Waals surface area (Å²) in [5, 5.41) is 9.65. The summed E-state index contributed by atoms with van der Waals surface area (Å²) in [6.45, 7) is 0.514. The maximum absolute atomic E-state index is 13.3. The quantitative estimate of drug-likeness (QED) is 0.887. The standard InChI is InChI=1S/C19H19FN2O4/c20-14-4-3-6-16(12-14)26-19(18(24)25)7-10-22(11-8-19)17(23)13-15-5-1-2-9-21-15/h1-6,9,12H,7-8,10-11,13H2,(H,24,25). The number of carbonyl (C=O) groups excluding carboxylic acids is 1. The Morgan fingerprint density at radius 3 is 2.58 bits per heavy atom. The second kappa shape index (κ2) is 7.51. The van der Waals surface area contributed by atoms with E-state index < -0.39 is 17.4 Å². The largest absolute Gasteiger partial charge is 0.478 e. The zero-order chi connectivity index (χ0) is 18.6. The summed E-state index contributed by atoms with van der Waals surface area (Å²) in [7, 11) is 0. The van der Waals surface area contributed by atoms with Crippen molar-refractivity contribution in [2.45, 2.75) is 24.9 Å². The minimum atomic E-state index is -1.46. The summed E-state index contributed by atoms with van der Waals surface area (Å²) in [4.78, 5) is 29.9. The van der Waals surface area contributed by atoms with E-state index in [1.165, 1.54) is 18.2 Å². The van der Waals surface area contributed by atoms with E-state index in [1.54, 1.807) is 23.2 Å². The van der Waals surface area contributed by atoms with Gasteiger partial charge in [0, 0.05) is 43.9 Å². The van der Waals surface area contributed by atoms with Crippen molar-refractivity contribution >= 4 is 11.9 Å². The fourth-order valence-corrected chi connectivity index (χ4v) is 3.00.